The van der Waals surface area contributed by atoms with Gasteiger partial charge >= 0.3 is 0 Å². The molecule has 2 atom stereocenters. The SMILES string of the molecule is C[C@H]1CN(C(=O)c2cc(Cl)cn2C)C[C@@H](c2ccccc2)O1. The molecule has 0 unspecified atom stereocenters. The van der Waals surface area contributed by atoms with E-state index >= 15 is 0 Å². The Bertz CT molecular complexity index is 669. The molecule has 116 valence electrons. The van der Waals surface area contributed by atoms with E-state index in [1.165, 1.54) is 0 Å². The van der Waals surface area contributed by atoms with Crippen LogP contribution in [0.5, 0.6) is 0 Å². The van der Waals surface area contributed by atoms with E-state index in [0.29, 0.717) is 23.8 Å². The molecule has 22 heavy (non-hydrogen) atoms. The van der Waals surface area contributed by atoms with Gasteiger partial charge in [-0.1, -0.05) is 41.9 Å². The van der Waals surface area contributed by atoms with Crippen LogP contribution in [0.1, 0.15) is 29.1 Å². The smallest absolute Gasteiger partial charge is 0.270 e. The Morgan fingerprint density at radius 3 is 2.64 bits per heavy atom. The minimum atomic E-state index is -0.0929. The van der Waals surface area contributed by atoms with Crippen molar-refractivity contribution in [2.75, 3.05) is 13.1 Å². The van der Waals surface area contributed by atoms with Gasteiger partial charge in [0.1, 0.15) is 11.8 Å². The maximum absolute atomic E-state index is 12.7. The number of halogens is 1. The van der Waals surface area contributed by atoms with Crippen molar-refractivity contribution < 1.29 is 9.53 Å². The molecule has 1 aromatic carbocycles. The lowest BCUT2D eigenvalue weighted by atomic mass is 10.1. The Kier molecular flexibility index (Phi) is 4.23. The van der Waals surface area contributed by atoms with Crippen LogP contribution in [0.2, 0.25) is 5.02 Å². The highest BCUT2D eigenvalue weighted by molar-refractivity contribution is 6.31. The number of carbonyl (C=O) groups is 1. The zero-order chi connectivity index (χ0) is 15.7. The number of benzene rings is 1. The third-order valence-electron chi connectivity index (χ3n) is 3.91. The van der Waals surface area contributed by atoms with Gasteiger partial charge in [0.25, 0.3) is 5.91 Å². The highest BCUT2D eigenvalue weighted by Gasteiger charge is 2.30. The molecule has 4 nitrogen and oxygen atoms in total. The van der Waals surface area contributed by atoms with Crippen molar-refractivity contribution in [1.29, 1.82) is 0 Å². The number of nitrogens with zero attached hydrogens (tertiary/aromatic N) is 2. The third-order valence-corrected chi connectivity index (χ3v) is 4.12. The summed E-state index contributed by atoms with van der Waals surface area (Å²) >= 11 is 5.99. The molecule has 0 spiro atoms. The standard InChI is InChI=1S/C17H19ClN2O2/c1-12-9-20(17(21)15-8-14(18)10-19(15)2)11-16(22-12)13-6-4-3-5-7-13/h3-8,10,12,16H,9,11H2,1-2H3/t12-,16-/m0/s1. The van der Waals surface area contributed by atoms with E-state index in [2.05, 4.69) is 0 Å². The van der Waals surface area contributed by atoms with Crippen molar-refractivity contribution in [2.24, 2.45) is 7.05 Å². The third kappa shape index (κ3) is 3.03. The van der Waals surface area contributed by atoms with Crippen molar-refractivity contribution >= 4 is 17.5 Å². The molecule has 5 heteroatoms. The number of amides is 1. The van der Waals surface area contributed by atoms with Crippen molar-refractivity contribution in [2.45, 2.75) is 19.1 Å². The number of hydrogen-bond donors (Lipinski definition) is 0. The number of hydrogen-bond acceptors (Lipinski definition) is 2. The zero-order valence-corrected chi connectivity index (χ0v) is 13.5. The number of aryl methyl sites for hydroxylation is 1. The van der Waals surface area contributed by atoms with Gasteiger partial charge in [-0.2, -0.15) is 0 Å². The summed E-state index contributed by atoms with van der Waals surface area (Å²) < 4.78 is 7.76. The van der Waals surface area contributed by atoms with E-state index in [4.69, 9.17) is 16.3 Å². The average Bonchev–Trinajstić information content (AvgIpc) is 2.85. The minimum absolute atomic E-state index is 0.00125. The Labute approximate surface area is 135 Å². The van der Waals surface area contributed by atoms with Gasteiger partial charge in [-0.15, -0.1) is 0 Å². The van der Waals surface area contributed by atoms with Gasteiger partial charge in [0.2, 0.25) is 0 Å². The predicted octanol–water partition coefficient (Wildman–Crippen LogP) is 3.28. The molecule has 2 heterocycles. The molecule has 1 aliphatic rings. The van der Waals surface area contributed by atoms with Gasteiger partial charge in [0, 0.05) is 19.8 Å². The first-order valence-electron chi connectivity index (χ1n) is 7.36. The van der Waals surface area contributed by atoms with Crippen LogP contribution < -0.4 is 0 Å². The van der Waals surface area contributed by atoms with Crippen molar-refractivity contribution in [1.82, 2.24) is 9.47 Å². The molecule has 1 aromatic heterocycles. The fourth-order valence-corrected chi connectivity index (χ4v) is 3.12. The fourth-order valence-electron chi connectivity index (χ4n) is 2.87. The van der Waals surface area contributed by atoms with E-state index < -0.39 is 0 Å². The molecule has 0 radical (unpaired) electrons. The highest BCUT2D eigenvalue weighted by atomic mass is 35.5. The van der Waals surface area contributed by atoms with Crippen LogP contribution in [0.25, 0.3) is 0 Å². The molecule has 0 aliphatic carbocycles. The molecule has 1 aliphatic heterocycles. The van der Waals surface area contributed by atoms with E-state index in [1.54, 1.807) is 16.8 Å². The minimum Gasteiger partial charge on any atom is -0.367 e. The van der Waals surface area contributed by atoms with Gasteiger partial charge in [-0.3, -0.25) is 4.79 Å². The summed E-state index contributed by atoms with van der Waals surface area (Å²) in [6.07, 6.45) is 1.65. The Morgan fingerprint density at radius 2 is 2.00 bits per heavy atom. The van der Waals surface area contributed by atoms with Gasteiger partial charge in [-0.05, 0) is 18.6 Å². The second-order valence-electron chi connectivity index (χ2n) is 5.71. The largest absolute Gasteiger partial charge is 0.367 e. The molecule has 0 saturated carbocycles. The Morgan fingerprint density at radius 1 is 1.27 bits per heavy atom. The monoisotopic (exact) mass is 318 g/mol. The summed E-state index contributed by atoms with van der Waals surface area (Å²) in [6.45, 7) is 3.13. The lowest BCUT2D eigenvalue weighted by molar-refractivity contribution is -0.0693. The van der Waals surface area contributed by atoms with Gasteiger partial charge in [0.05, 0.1) is 17.7 Å². The number of carbonyl (C=O) groups excluding carboxylic acids is 1. The van der Waals surface area contributed by atoms with Gasteiger partial charge in [-0.25, -0.2) is 0 Å². The first kappa shape index (κ1) is 15.1. The molecule has 3 rings (SSSR count). The summed E-state index contributed by atoms with van der Waals surface area (Å²) in [6, 6.07) is 11.7. The molecule has 0 N–H and O–H groups in total. The summed E-state index contributed by atoms with van der Waals surface area (Å²) in [7, 11) is 1.83. The molecule has 1 amide bonds. The van der Waals surface area contributed by atoms with E-state index in [0.717, 1.165) is 5.56 Å². The highest BCUT2D eigenvalue weighted by Crippen LogP contribution is 2.26. The van der Waals surface area contributed by atoms with E-state index in [-0.39, 0.29) is 18.1 Å². The quantitative estimate of drug-likeness (QED) is 0.851. The maximum atomic E-state index is 12.7. The fraction of sp³-hybridized carbons (Fsp3) is 0.353. The van der Waals surface area contributed by atoms with E-state index in [9.17, 15) is 4.79 Å². The summed E-state index contributed by atoms with van der Waals surface area (Å²) in [5.41, 5.74) is 1.70. The number of ether oxygens (including phenoxy) is 1. The van der Waals surface area contributed by atoms with Crippen LogP contribution in [-0.2, 0) is 11.8 Å². The molecular weight excluding hydrogens is 300 g/mol. The predicted molar refractivity (Wildman–Crippen MR) is 86.1 cm³/mol. The van der Waals surface area contributed by atoms with Crippen LogP contribution in [0.4, 0.5) is 0 Å². The number of aromatic nitrogens is 1. The van der Waals surface area contributed by atoms with Gasteiger partial charge in [0.15, 0.2) is 0 Å². The van der Waals surface area contributed by atoms with Crippen molar-refractivity contribution in [3.63, 3.8) is 0 Å². The second kappa shape index (κ2) is 6.15. The number of rotatable bonds is 2. The summed E-state index contributed by atoms with van der Waals surface area (Å²) in [5.74, 6) is -0.00881. The molecule has 1 saturated heterocycles. The Balaban J connectivity index is 1.82. The molecule has 2 aromatic rings. The lowest BCUT2D eigenvalue weighted by Crippen LogP contribution is -2.46. The van der Waals surface area contributed by atoms with Crippen LogP contribution >= 0.6 is 11.6 Å². The Hall–Kier alpha value is -1.78. The second-order valence-corrected chi connectivity index (χ2v) is 6.15. The first-order chi connectivity index (χ1) is 10.5. The lowest BCUT2D eigenvalue weighted by Gasteiger charge is -2.37. The molecular formula is C17H19ClN2O2. The van der Waals surface area contributed by atoms with Crippen LogP contribution in [0, 0.1) is 0 Å². The maximum Gasteiger partial charge on any atom is 0.270 e. The van der Waals surface area contributed by atoms with Gasteiger partial charge < -0.3 is 14.2 Å². The van der Waals surface area contributed by atoms with Crippen LogP contribution in [0.15, 0.2) is 42.6 Å². The number of morpholine rings is 1. The van der Waals surface area contributed by atoms with Crippen LogP contribution in [-0.4, -0.2) is 34.6 Å². The van der Waals surface area contributed by atoms with Crippen molar-refractivity contribution in [3.8, 4) is 0 Å². The van der Waals surface area contributed by atoms with Crippen LogP contribution in [0.3, 0.4) is 0 Å². The first-order valence-corrected chi connectivity index (χ1v) is 7.74. The van der Waals surface area contributed by atoms with E-state index in [1.807, 2.05) is 49.2 Å². The zero-order valence-electron chi connectivity index (χ0n) is 12.7. The molecule has 1 fully saturated rings. The molecule has 0 bridgehead atoms. The summed E-state index contributed by atoms with van der Waals surface area (Å²) in [5, 5.41) is 0.576. The normalized spacial score (nSPS) is 21.9. The average molecular weight is 319 g/mol. The summed E-state index contributed by atoms with van der Waals surface area (Å²) in [4.78, 5) is 14.6. The topological polar surface area (TPSA) is 34.5 Å². The van der Waals surface area contributed by atoms with Crippen molar-refractivity contribution in [3.05, 3.63) is 58.9 Å².